The second-order valence-corrected chi connectivity index (χ2v) is 6.78. The standard InChI is InChI=1S/C20H24FN7O/c1-28(14-15-7-9-17(21)10-8-15)12-3-2-11-22-20(29)23-18-6-4-5-16(13-18)19-24-26-27-25-19/h4-10,13H,2-3,11-12,14H2,1H3,(H2,22,23,29)(H,24,25,26,27). The number of hydrogen-bond acceptors (Lipinski definition) is 5. The predicted octanol–water partition coefficient (Wildman–Crippen LogP) is 3.04. The molecule has 0 radical (unpaired) electrons. The van der Waals surface area contributed by atoms with Crippen LogP contribution in [0.1, 0.15) is 18.4 Å². The summed E-state index contributed by atoms with van der Waals surface area (Å²) >= 11 is 0. The summed E-state index contributed by atoms with van der Waals surface area (Å²) in [7, 11) is 2.03. The van der Waals surface area contributed by atoms with Crippen molar-refractivity contribution in [1.29, 1.82) is 0 Å². The van der Waals surface area contributed by atoms with E-state index in [-0.39, 0.29) is 11.8 Å². The van der Waals surface area contributed by atoms with Crippen molar-refractivity contribution in [3.8, 4) is 11.4 Å². The second kappa shape index (κ2) is 10.3. The van der Waals surface area contributed by atoms with E-state index >= 15 is 0 Å². The van der Waals surface area contributed by atoms with Crippen LogP contribution >= 0.6 is 0 Å². The summed E-state index contributed by atoms with van der Waals surface area (Å²) in [5.41, 5.74) is 2.53. The number of hydrogen-bond donors (Lipinski definition) is 3. The minimum absolute atomic E-state index is 0.220. The van der Waals surface area contributed by atoms with Gasteiger partial charge in [0.2, 0.25) is 0 Å². The van der Waals surface area contributed by atoms with Crippen LogP contribution in [0.2, 0.25) is 0 Å². The summed E-state index contributed by atoms with van der Waals surface area (Å²) in [5.74, 6) is 0.321. The molecule has 1 heterocycles. The predicted molar refractivity (Wildman–Crippen MR) is 109 cm³/mol. The fourth-order valence-electron chi connectivity index (χ4n) is 2.89. The first kappa shape index (κ1) is 20.4. The molecule has 29 heavy (non-hydrogen) atoms. The fraction of sp³-hybridized carbons (Fsp3) is 0.300. The van der Waals surface area contributed by atoms with Crippen LogP contribution in [0.25, 0.3) is 11.4 Å². The lowest BCUT2D eigenvalue weighted by atomic mass is 10.2. The molecule has 0 aliphatic rings. The number of carbonyl (C=O) groups is 1. The van der Waals surface area contributed by atoms with Crippen LogP contribution in [0.5, 0.6) is 0 Å². The van der Waals surface area contributed by atoms with Crippen molar-refractivity contribution in [3.63, 3.8) is 0 Å². The number of unbranched alkanes of at least 4 members (excludes halogenated alkanes) is 1. The van der Waals surface area contributed by atoms with Gasteiger partial charge in [-0.05, 0) is 66.7 Å². The van der Waals surface area contributed by atoms with Crippen molar-refractivity contribution in [3.05, 3.63) is 59.9 Å². The van der Waals surface area contributed by atoms with Gasteiger partial charge in [0.1, 0.15) is 5.82 Å². The first-order valence-corrected chi connectivity index (χ1v) is 9.42. The van der Waals surface area contributed by atoms with E-state index in [0.717, 1.165) is 37.1 Å². The molecule has 0 aliphatic heterocycles. The van der Waals surface area contributed by atoms with Crippen LogP contribution in [0.15, 0.2) is 48.5 Å². The van der Waals surface area contributed by atoms with Gasteiger partial charge in [-0.15, -0.1) is 5.10 Å². The van der Waals surface area contributed by atoms with Crippen LogP contribution in [0.4, 0.5) is 14.9 Å². The number of nitrogens with one attached hydrogen (secondary N) is 3. The molecule has 0 saturated carbocycles. The highest BCUT2D eigenvalue weighted by Crippen LogP contribution is 2.18. The second-order valence-electron chi connectivity index (χ2n) is 6.78. The average molecular weight is 397 g/mol. The maximum atomic E-state index is 12.9. The molecule has 0 fully saturated rings. The lowest BCUT2D eigenvalue weighted by Gasteiger charge is -2.16. The molecule has 8 nitrogen and oxygen atoms in total. The molecule has 0 bridgehead atoms. The van der Waals surface area contributed by atoms with Gasteiger partial charge >= 0.3 is 6.03 Å². The average Bonchev–Trinajstić information content (AvgIpc) is 3.25. The lowest BCUT2D eigenvalue weighted by molar-refractivity contribution is 0.251. The zero-order valence-corrected chi connectivity index (χ0v) is 16.2. The SMILES string of the molecule is CN(CCCCNC(=O)Nc1cccc(-c2nnn[nH]2)c1)Cc1ccc(F)cc1. The number of rotatable bonds is 9. The largest absolute Gasteiger partial charge is 0.338 e. The number of amides is 2. The number of halogens is 1. The number of anilines is 1. The Morgan fingerprint density at radius 3 is 2.76 bits per heavy atom. The van der Waals surface area contributed by atoms with Crippen LogP contribution in [-0.2, 0) is 6.54 Å². The minimum atomic E-state index is -0.252. The number of carbonyl (C=O) groups excluding carboxylic acids is 1. The Balaban J connectivity index is 1.33. The summed E-state index contributed by atoms with van der Waals surface area (Å²) < 4.78 is 12.9. The van der Waals surface area contributed by atoms with E-state index < -0.39 is 0 Å². The van der Waals surface area contributed by atoms with Gasteiger partial charge < -0.3 is 15.5 Å². The third-order valence-electron chi connectivity index (χ3n) is 4.36. The number of urea groups is 1. The fourth-order valence-corrected chi connectivity index (χ4v) is 2.89. The highest BCUT2D eigenvalue weighted by Gasteiger charge is 2.06. The molecule has 152 valence electrons. The van der Waals surface area contributed by atoms with Gasteiger partial charge in [-0.2, -0.15) is 0 Å². The molecule has 0 spiro atoms. The van der Waals surface area contributed by atoms with Crippen LogP contribution in [0.3, 0.4) is 0 Å². The van der Waals surface area contributed by atoms with Gasteiger partial charge in [-0.3, -0.25) is 0 Å². The summed E-state index contributed by atoms with van der Waals surface area (Å²) in [6.07, 6.45) is 1.82. The summed E-state index contributed by atoms with van der Waals surface area (Å²) in [6, 6.07) is 13.6. The Labute approximate surface area is 168 Å². The number of benzene rings is 2. The normalized spacial score (nSPS) is 10.9. The smallest absolute Gasteiger partial charge is 0.319 e. The molecule has 0 saturated heterocycles. The molecule has 1 aromatic heterocycles. The Morgan fingerprint density at radius 2 is 2.00 bits per heavy atom. The lowest BCUT2D eigenvalue weighted by Crippen LogP contribution is -2.30. The quantitative estimate of drug-likeness (QED) is 0.482. The highest BCUT2D eigenvalue weighted by molar-refractivity contribution is 5.89. The Bertz CT molecular complexity index is 899. The van der Waals surface area contributed by atoms with Crippen LogP contribution in [-0.4, -0.2) is 51.7 Å². The molecule has 0 aliphatic carbocycles. The third-order valence-corrected chi connectivity index (χ3v) is 4.36. The van der Waals surface area contributed by atoms with Gasteiger partial charge in [-0.25, -0.2) is 14.3 Å². The zero-order chi connectivity index (χ0) is 20.5. The van der Waals surface area contributed by atoms with Crippen molar-refractivity contribution < 1.29 is 9.18 Å². The zero-order valence-electron chi connectivity index (χ0n) is 16.2. The Morgan fingerprint density at radius 1 is 1.17 bits per heavy atom. The molecule has 0 unspecified atom stereocenters. The van der Waals surface area contributed by atoms with Gasteiger partial charge in [0.05, 0.1) is 0 Å². The monoisotopic (exact) mass is 397 g/mol. The van der Waals surface area contributed by atoms with Gasteiger partial charge in [0, 0.05) is 24.3 Å². The first-order chi connectivity index (χ1) is 14.1. The van der Waals surface area contributed by atoms with Crippen molar-refractivity contribution >= 4 is 11.7 Å². The van der Waals surface area contributed by atoms with E-state index in [1.807, 2.05) is 19.2 Å². The van der Waals surface area contributed by atoms with E-state index in [4.69, 9.17) is 0 Å². The van der Waals surface area contributed by atoms with Crippen LogP contribution < -0.4 is 10.6 Å². The minimum Gasteiger partial charge on any atom is -0.338 e. The molecule has 9 heteroatoms. The Hall–Kier alpha value is -3.33. The van der Waals surface area contributed by atoms with E-state index in [2.05, 4.69) is 36.2 Å². The number of nitrogens with zero attached hydrogens (tertiary/aromatic N) is 4. The van der Waals surface area contributed by atoms with E-state index in [1.54, 1.807) is 24.3 Å². The molecular weight excluding hydrogens is 373 g/mol. The first-order valence-electron chi connectivity index (χ1n) is 9.42. The highest BCUT2D eigenvalue weighted by atomic mass is 19.1. The number of tetrazole rings is 1. The van der Waals surface area contributed by atoms with E-state index in [1.165, 1.54) is 12.1 Å². The molecule has 3 N–H and O–H groups in total. The maximum absolute atomic E-state index is 12.9. The van der Waals surface area contributed by atoms with Crippen LogP contribution in [0, 0.1) is 5.82 Å². The summed E-state index contributed by atoms with van der Waals surface area (Å²) in [6.45, 7) is 2.25. The molecule has 3 aromatic rings. The third kappa shape index (κ3) is 6.65. The molecule has 2 amide bonds. The van der Waals surface area contributed by atoms with Crippen molar-refractivity contribution in [2.75, 3.05) is 25.5 Å². The Kier molecular flexibility index (Phi) is 7.23. The van der Waals surface area contributed by atoms with Gasteiger partial charge in [0.15, 0.2) is 5.82 Å². The maximum Gasteiger partial charge on any atom is 0.319 e. The van der Waals surface area contributed by atoms with E-state index in [0.29, 0.717) is 18.1 Å². The van der Waals surface area contributed by atoms with Crippen molar-refractivity contribution in [1.82, 2.24) is 30.8 Å². The van der Waals surface area contributed by atoms with Gasteiger partial charge in [-0.1, -0.05) is 24.3 Å². The molecule has 3 rings (SSSR count). The van der Waals surface area contributed by atoms with Crippen molar-refractivity contribution in [2.24, 2.45) is 0 Å². The van der Waals surface area contributed by atoms with Crippen molar-refractivity contribution in [2.45, 2.75) is 19.4 Å². The summed E-state index contributed by atoms with van der Waals surface area (Å²) in [4.78, 5) is 14.2. The van der Waals surface area contributed by atoms with E-state index in [9.17, 15) is 9.18 Å². The molecule has 2 aromatic carbocycles. The number of H-pyrrole nitrogens is 1. The molecule has 0 atom stereocenters. The van der Waals surface area contributed by atoms with Gasteiger partial charge in [0.25, 0.3) is 0 Å². The summed E-state index contributed by atoms with van der Waals surface area (Å²) in [5, 5.41) is 19.3. The number of aromatic nitrogens is 4. The number of aromatic amines is 1. The molecular formula is C20H24FN7O. The topological polar surface area (TPSA) is 98.8 Å².